The van der Waals surface area contributed by atoms with E-state index in [4.69, 9.17) is 0 Å². The van der Waals surface area contributed by atoms with E-state index in [0.29, 0.717) is 5.56 Å². The van der Waals surface area contributed by atoms with Crippen molar-refractivity contribution in [3.05, 3.63) is 105 Å². The van der Waals surface area contributed by atoms with E-state index >= 15 is 0 Å². The van der Waals surface area contributed by atoms with Crippen LogP contribution in [0.1, 0.15) is 11.1 Å². The number of hydrogen-bond acceptors (Lipinski definition) is 4. The molecule has 0 saturated carbocycles. The van der Waals surface area contributed by atoms with Crippen molar-refractivity contribution in [3.8, 4) is 0 Å². The molecule has 4 aromatic rings. The zero-order valence-corrected chi connectivity index (χ0v) is 14.2. The van der Waals surface area contributed by atoms with Crippen molar-refractivity contribution in [1.82, 2.24) is 19.1 Å². The van der Waals surface area contributed by atoms with Gasteiger partial charge in [-0.1, -0.05) is 42.5 Å². The predicted octanol–water partition coefficient (Wildman–Crippen LogP) is 2.19. The van der Waals surface area contributed by atoms with Crippen LogP contribution in [0, 0.1) is 5.82 Å². The number of halogens is 1. The lowest BCUT2D eigenvalue weighted by molar-refractivity contribution is 0.617. The Labute approximate surface area is 153 Å². The van der Waals surface area contributed by atoms with Crippen LogP contribution in [-0.4, -0.2) is 19.1 Å². The first-order valence-corrected chi connectivity index (χ1v) is 8.36. The van der Waals surface area contributed by atoms with Gasteiger partial charge in [0.2, 0.25) is 0 Å². The first-order valence-electron chi connectivity index (χ1n) is 8.36. The number of fused-ring (bicyclic) bond motifs is 1. The van der Waals surface area contributed by atoms with E-state index in [0.717, 1.165) is 10.1 Å². The summed E-state index contributed by atoms with van der Waals surface area (Å²) in [5.41, 5.74) is 0.906. The molecule has 0 radical (unpaired) electrons. The van der Waals surface area contributed by atoms with Gasteiger partial charge in [0, 0.05) is 12.4 Å². The number of nitrogens with zero attached hydrogens (tertiary/aromatic N) is 4. The molecule has 0 amide bonds. The standard InChI is InChI=1S/C20H15FN4O2/c21-16-8-6-15(7-9-16)13-25-19(26)17-18(23-11-10-22-17)24(20(25)27)12-14-4-2-1-3-5-14/h1-11H,12-13H2. The van der Waals surface area contributed by atoms with Crippen LogP contribution < -0.4 is 11.2 Å². The van der Waals surface area contributed by atoms with Gasteiger partial charge in [-0.05, 0) is 23.3 Å². The summed E-state index contributed by atoms with van der Waals surface area (Å²) in [5.74, 6) is -0.378. The maximum Gasteiger partial charge on any atom is 0.333 e. The first kappa shape index (κ1) is 16.8. The summed E-state index contributed by atoms with van der Waals surface area (Å²) in [4.78, 5) is 34.2. The van der Waals surface area contributed by atoms with Crippen molar-refractivity contribution in [2.45, 2.75) is 13.1 Å². The lowest BCUT2D eigenvalue weighted by atomic mass is 10.2. The number of hydrogen-bond donors (Lipinski definition) is 0. The minimum absolute atomic E-state index is 0.0270. The monoisotopic (exact) mass is 362 g/mol. The third kappa shape index (κ3) is 3.27. The smallest absolute Gasteiger partial charge is 0.272 e. The van der Waals surface area contributed by atoms with Gasteiger partial charge >= 0.3 is 5.69 Å². The highest BCUT2D eigenvalue weighted by molar-refractivity contribution is 5.68. The molecular formula is C20H15FN4O2. The highest BCUT2D eigenvalue weighted by Gasteiger charge is 2.15. The van der Waals surface area contributed by atoms with Crippen molar-refractivity contribution in [1.29, 1.82) is 0 Å². The Balaban J connectivity index is 1.90. The van der Waals surface area contributed by atoms with Gasteiger partial charge in [-0.2, -0.15) is 0 Å². The van der Waals surface area contributed by atoms with Crippen LogP contribution in [0.25, 0.3) is 11.2 Å². The van der Waals surface area contributed by atoms with E-state index in [9.17, 15) is 14.0 Å². The highest BCUT2D eigenvalue weighted by Crippen LogP contribution is 2.08. The lowest BCUT2D eigenvalue weighted by Gasteiger charge is -2.13. The largest absolute Gasteiger partial charge is 0.333 e. The summed E-state index contributed by atoms with van der Waals surface area (Å²) in [7, 11) is 0. The van der Waals surface area contributed by atoms with Crippen LogP contribution in [0.5, 0.6) is 0 Å². The summed E-state index contributed by atoms with van der Waals surface area (Å²) < 4.78 is 15.7. The molecular weight excluding hydrogens is 347 g/mol. The van der Waals surface area contributed by atoms with Gasteiger partial charge in [-0.25, -0.2) is 19.2 Å². The topological polar surface area (TPSA) is 69.8 Å². The van der Waals surface area contributed by atoms with E-state index in [-0.39, 0.29) is 30.1 Å². The van der Waals surface area contributed by atoms with Crippen molar-refractivity contribution in [3.63, 3.8) is 0 Å². The molecule has 0 unspecified atom stereocenters. The van der Waals surface area contributed by atoms with Gasteiger partial charge in [0.05, 0.1) is 13.1 Å². The molecule has 7 heteroatoms. The lowest BCUT2D eigenvalue weighted by Crippen LogP contribution is -2.41. The van der Waals surface area contributed by atoms with E-state index in [2.05, 4.69) is 9.97 Å². The van der Waals surface area contributed by atoms with Gasteiger partial charge in [-0.15, -0.1) is 0 Å². The summed E-state index contributed by atoms with van der Waals surface area (Å²) >= 11 is 0. The minimum Gasteiger partial charge on any atom is -0.272 e. The Hall–Kier alpha value is -3.61. The molecule has 0 atom stereocenters. The molecule has 0 aliphatic rings. The van der Waals surface area contributed by atoms with Crippen LogP contribution in [0.15, 0.2) is 76.6 Å². The maximum atomic E-state index is 13.1. The quantitative estimate of drug-likeness (QED) is 0.558. The summed E-state index contributed by atoms with van der Waals surface area (Å²) in [6.45, 7) is 0.289. The van der Waals surface area contributed by atoms with Crippen LogP contribution in [-0.2, 0) is 13.1 Å². The average Bonchev–Trinajstić information content (AvgIpc) is 2.71. The van der Waals surface area contributed by atoms with Gasteiger partial charge < -0.3 is 0 Å². The Morgan fingerprint density at radius 3 is 2.15 bits per heavy atom. The zero-order valence-electron chi connectivity index (χ0n) is 14.2. The molecule has 2 aromatic carbocycles. The van der Waals surface area contributed by atoms with Gasteiger partial charge in [0.25, 0.3) is 5.56 Å². The Morgan fingerprint density at radius 1 is 0.778 bits per heavy atom. The van der Waals surface area contributed by atoms with E-state index in [1.165, 1.54) is 29.1 Å². The van der Waals surface area contributed by atoms with Crippen LogP contribution in [0.2, 0.25) is 0 Å². The molecule has 0 fully saturated rings. The fourth-order valence-electron chi connectivity index (χ4n) is 2.95. The van der Waals surface area contributed by atoms with Crippen LogP contribution in [0.4, 0.5) is 4.39 Å². The molecule has 0 bridgehead atoms. The number of rotatable bonds is 4. The SMILES string of the molecule is O=c1c2nccnc2n(Cc2ccccc2)c(=O)n1Cc1ccc(F)cc1. The van der Waals surface area contributed by atoms with Crippen molar-refractivity contribution < 1.29 is 4.39 Å². The number of aromatic nitrogens is 4. The normalized spacial score (nSPS) is 11.0. The molecule has 134 valence electrons. The molecule has 0 spiro atoms. The van der Waals surface area contributed by atoms with Crippen LogP contribution in [0.3, 0.4) is 0 Å². The molecule has 2 heterocycles. The second kappa shape index (κ2) is 6.95. The summed E-state index contributed by atoms with van der Waals surface area (Å²) in [6, 6.07) is 15.1. The number of benzene rings is 2. The second-order valence-corrected chi connectivity index (χ2v) is 6.10. The third-order valence-corrected chi connectivity index (χ3v) is 4.28. The maximum absolute atomic E-state index is 13.1. The van der Waals surface area contributed by atoms with Crippen molar-refractivity contribution in [2.24, 2.45) is 0 Å². The average molecular weight is 362 g/mol. The van der Waals surface area contributed by atoms with Gasteiger partial charge in [0.15, 0.2) is 11.2 Å². The van der Waals surface area contributed by atoms with Crippen LogP contribution >= 0.6 is 0 Å². The second-order valence-electron chi connectivity index (χ2n) is 6.10. The first-order chi connectivity index (χ1) is 13.1. The van der Waals surface area contributed by atoms with Gasteiger partial charge in [-0.3, -0.25) is 13.9 Å². The molecule has 0 saturated heterocycles. The fourth-order valence-corrected chi connectivity index (χ4v) is 2.95. The van der Waals surface area contributed by atoms with Crippen molar-refractivity contribution in [2.75, 3.05) is 0 Å². The third-order valence-electron chi connectivity index (χ3n) is 4.28. The molecule has 27 heavy (non-hydrogen) atoms. The van der Waals surface area contributed by atoms with Gasteiger partial charge in [0.1, 0.15) is 5.82 Å². The minimum atomic E-state index is -0.517. The zero-order chi connectivity index (χ0) is 18.8. The highest BCUT2D eigenvalue weighted by atomic mass is 19.1. The fraction of sp³-hybridized carbons (Fsp3) is 0.100. The summed E-state index contributed by atoms with van der Waals surface area (Å²) in [5, 5.41) is 0. The predicted molar refractivity (Wildman–Crippen MR) is 99.1 cm³/mol. The summed E-state index contributed by atoms with van der Waals surface area (Å²) in [6.07, 6.45) is 2.87. The Bertz CT molecular complexity index is 1210. The molecule has 0 N–H and O–H groups in total. The molecule has 0 aliphatic heterocycles. The Kier molecular flexibility index (Phi) is 4.33. The Morgan fingerprint density at radius 2 is 1.41 bits per heavy atom. The van der Waals surface area contributed by atoms with E-state index < -0.39 is 11.2 Å². The van der Waals surface area contributed by atoms with E-state index in [1.807, 2.05) is 30.3 Å². The molecule has 6 nitrogen and oxygen atoms in total. The van der Waals surface area contributed by atoms with E-state index in [1.54, 1.807) is 12.1 Å². The molecule has 0 aliphatic carbocycles. The molecule has 2 aromatic heterocycles. The molecule has 4 rings (SSSR count). The van der Waals surface area contributed by atoms with Crippen molar-refractivity contribution >= 4 is 11.2 Å².